The van der Waals surface area contributed by atoms with Crippen LogP contribution in [0, 0.1) is 0 Å². The van der Waals surface area contributed by atoms with Crippen molar-refractivity contribution >= 4 is 12.6 Å². The van der Waals surface area contributed by atoms with Crippen LogP contribution in [0.4, 0.5) is 0 Å². The van der Waals surface area contributed by atoms with Gasteiger partial charge in [0.2, 0.25) is 0 Å². The lowest BCUT2D eigenvalue weighted by Crippen LogP contribution is -1.99. The molecule has 0 aromatic heterocycles. The smallest absolute Gasteiger partial charge is 0.124 e. The normalized spacial score (nSPS) is 13.5. The van der Waals surface area contributed by atoms with Crippen LogP contribution in [-0.4, -0.2) is 19.1 Å². The summed E-state index contributed by atoms with van der Waals surface area (Å²) < 4.78 is 0. The molecule has 56 valence electrons. The van der Waals surface area contributed by atoms with E-state index in [9.17, 15) is 0 Å². The van der Waals surface area contributed by atoms with Gasteiger partial charge in [0, 0.05) is 12.7 Å². The topological polar surface area (TPSA) is 50.7 Å². The zero-order valence-electron chi connectivity index (χ0n) is 6.46. The average Bonchev–Trinajstić information content (AvgIpc) is 1.99. The Morgan fingerprint density at radius 2 is 2.20 bits per heavy atom. The number of nitrogens with zero attached hydrogens (tertiary/aromatic N) is 2. The summed E-state index contributed by atoms with van der Waals surface area (Å²) >= 11 is 0. The van der Waals surface area contributed by atoms with Crippen molar-refractivity contribution in [1.29, 1.82) is 0 Å². The number of aliphatic imine (C=N–C) groups is 2. The maximum Gasteiger partial charge on any atom is 0.124 e. The second kappa shape index (κ2) is 4.88. The monoisotopic (exact) mass is 139 g/mol. The van der Waals surface area contributed by atoms with Crippen LogP contribution in [0.1, 0.15) is 13.8 Å². The van der Waals surface area contributed by atoms with Gasteiger partial charge in [0.25, 0.3) is 0 Å². The summed E-state index contributed by atoms with van der Waals surface area (Å²) in [6, 6.07) is 0. The predicted octanol–water partition coefficient (Wildman–Crippen LogP) is 0.968. The predicted molar refractivity (Wildman–Crippen MR) is 45.5 cm³/mol. The highest BCUT2D eigenvalue weighted by atomic mass is 14.9. The van der Waals surface area contributed by atoms with Gasteiger partial charge in [-0.15, -0.1) is 0 Å². The Balaban J connectivity index is 4.03. The third kappa shape index (κ3) is 3.97. The lowest BCUT2D eigenvalue weighted by atomic mass is 10.3. The van der Waals surface area contributed by atoms with Crippen LogP contribution in [-0.2, 0) is 0 Å². The highest BCUT2D eigenvalue weighted by Crippen LogP contribution is 1.89. The summed E-state index contributed by atoms with van der Waals surface area (Å²) in [5, 5.41) is 0. The molecule has 3 heteroatoms. The van der Waals surface area contributed by atoms with E-state index in [4.69, 9.17) is 5.73 Å². The molecule has 0 aromatic carbocycles. The van der Waals surface area contributed by atoms with Crippen molar-refractivity contribution in [1.82, 2.24) is 0 Å². The van der Waals surface area contributed by atoms with Crippen LogP contribution in [0.2, 0.25) is 0 Å². The van der Waals surface area contributed by atoms with Gasteiger partial charge in [0.05, 0.1) is 0 Å². The first-order chi connectivity index (χ1) is 4.70. The van der Waals surface area contributed by atoms with E-state index in [0.717, 1.165) is 5.57 Å². The van der Waals surface area contributed by atoms with E-state index < -0.39 is 0 Å². The zero-order valence-corrected chi connectivity index (χ0v) is 6.46. The van der Waals surface area contributed by atoms with Crippen LogP contribution in [0.3, 0.4) is 0 Å². The highest BCUT2D eigenvalue weighted by molar-refractivity contribution is 5.84. The molecule has 0 heterocycles. The molecule has 0 aliphatic carbocycles. The first kappa shape index (κ1) is 9.04. The molecule has 0 atom stereocenters. The Bertz CT molecular complexity index is 168. The van der Waals surface area contributed by atoms with Crippen molar-refractivity contribution < 1.29 is 0 Å². The molecule has 0 unspecified atom stereocenters. The highest BCUT2D eigenvalue weighted by Gasteiger charge is 1.81. The SMILES string of the molecule is C=NC(C)=N/C=C(\C)CN. The fourth-order valence-corrected chi connectivity index (χ4v) is 0.297. The standard InChI is InChI=1S/C7H13N3/c1-6(4-8)5-10-7(2)9-3/h5H,3-4,8H2,1-2H3/b6-5+,10-7?. The molecule has 10 heavy (non-hydrogen) atoms. The van der Waals surface area contributed by atoms with Crippen molar-refractivity contribution in [2.75, 3.05) is 6.54 Å². The average molecular weight is 139 g/mol. The lowest BCUT2D eigenvalue weighted by Gasteiger charge is -1.90. The molecule has 0 aliphatic heterocycles. The summed E-state index contributed by atoms with van der Waals surface area (Å²) in [6.07, 6.45) is 1.70. The summed E-state index contributed by atoms with van der Waals surface area (Å²) in [7, 11) is 0. The van der Waals surface area contributed by atoms with Crippen molar-refractivity contribution in [3.05, 3.63) is 11.8 Å². The van der Waals surface area contributed by atoms with Crippen LogP contribution >= 0.6 is 0 Å². The van der Waals surface area contributed by atoms with E-state index in [2.05, 4.69) is 16.7 Å². The number of hydrogen-bond acceptors (Lipinski definition) is 2. The maximum absolute atomic E-state index is 5.32. The minimum absolute atomic E-state index is 0.536. The fourth-order valence-electron chi connectivity index (χ4n) is 0.297. The third-order valence-electron chi connectivity index (χ3n) is 1.02. The van der Waals surface area contributed by atoms with Crippen LogP contribution in [0.5, 0.6) is 0 Å². The van der Waals surface area contributed by atoms with Crippen molar-refractivity contribution in [3.63, 3.8) is 0 Å². The Morgan fingerprint density at radius 3 is 2.60 bits per heavy atom. The summed E-state index contributed by atoms with van der Waals surface area (Å²) in [5.74, 6) is 0.660. The number of nitrogens with two attached hydrogens (primary N) is 1. The molecule has 0 saturated carbocycles. The molecule has 0 spiro atoms. The first-order valence-corrected chi connectivity index (χ1v) is 3.07. The minimum Gasteiger partial charge on any atom is -0.327 e. The number of hydrogen-bond donors (Lipinski definition) is 1. The van der Waals surface area contributed by atoms with Crippen molar-refractivity contribution in [2.45, 2.75) is 13.8 Å². The Hall–Kier alpha value is -0.960. The molecule has 0 fully saturated rings. The van der Waals surface area contributed by atoms with E-state index >= 15 is 0 Å². The molecule has 0 aromatic rings. The van der Waals surface area contributed by atoms with Gasteiger partial charge < -0.3 is 5.73 Å². The van der Waals surface area contributed by atoms with E-state index in [1.165, 1.54) is 0 Å². The molecule has 2 N–H and O–H groups in total. The van der Waals surface area contributed by atoms with Crippen molar-refractivity contribution in [2.24, 2.45) is 15.7 Å². The Morgan fingerprint density at radius 1 is 1.60 bits per heavy atom. The zero-order chi connectivity index (χ0) is 7.98. The van der Waals surface area contributed by atoms with E-state index in [-0.39, 0.29) is 0 Å². The third-order valence-corrected chi connectivity index (χ3v) is 1.02. The molecule has 0 amide bonds. The maximum atomic E-state index is 5.32. The van der Waals surface area contributed by atoms with Crippen LogP contribution in [0.15, 0.2) is 21.8 Å². The molecule has 0 aliphatic rings. The summed E-state index contributed by atoms with van der Waals surface area (Å²) in [5.41, 5.74) is 6.35. The molecular formula is C7H13N3. The van der Waals surface area contributed by atoms with Crippen molar-refractivity contribution in [3.8, 4) is 0 Å². The number of rotatable bonds is 2. The van der Waals surface area contributed by atoms with Gasteiger partial charge in [0.1, 0.15) is 5.84 Å². The van der Waals surface area contributed by atoms with Crippen LogP contribution < -0.4 is 5.73 Å². The first-order valence-electron chi connectivity index (χ1n) is 3.07. The fraction of sp³-hybridized carbons (Fsp3) is 0.429. The number of amidine groups is 1. The largest absolute Gasteiger partial charge is 0.327 e. The Kier molecular flexibility index (Phi) is 4.41. The lowest BCUT2D eigenvalue weighted by molar-refractivity contribution is 1.12. The Labute approximate surface area is 61.4 Å². The van der Waals surface area contributed by atoms with E-state index in [1.54, 1.807) is 13.1 Å². The molecular weight excluding hydrogens is 126 g/mol. The summed E-state index contributed by atoms with van der Waals surface area (Å²) in [6.45, 7) is 7.56. The van der Waals surface area contributed by atoms with Gasteiger partial charge in [0.15, 0.2) is 0 Å². The van der Waals surface area contributed by atoms with Gasteiger partial charge >= 0.3 is 0 Å². The van der Waals surface area contributed by atoms with E-state index in [1.807, 2.05) is 6.92 Å². The summed E-state index contributed by atoms with van der Waals surface area (Å²) in [4.78, 5) is 7.57. The van der Waals surface area contributed by atoms with Gasteiger partial charge in [-0.05, 0) is 26.1 Å². The minimum atomic E-state index is 0.536. The molecule has 3 nitrogen and oxygen atoms in total. The van der Waals surface area contributed by atoms with E-state index in [0.29, 0.717) is 12.4 Å². The van der Waals surface area contributed by atoms with Gasteiger partial charge in [-0.3, -0.25) is 0 Å². The second-order valence-corrected chi connectivity index (χ2v) is 2.01. The quantitative estimate of drug-likeness (QED) is 0.449. The van der Waals surface area contributed by atoms with Gasteiger partial charge in [-0.2, -0.15) is 0 Å². The molecule has 0 bridgehead atoms. The molecule has 0 saturated heterocycles. The van der Waals surface area contributed by atoms with Gasteiger partial charge in [-0.25, -0.2) is 9.98 Å². The molecule has 0 rings (SSSR count). The second-order valence-electron chi connectivity index (χ2n) is 2.01. The van der Waals surface area contributed by atoms with Gasteiger partial charge in [-0.1, -0.05) is 0 Å². The van der Waals surface area contributed by atoms with Crippen LogP contribution in [0.25, 0.3) is 0 Å². The molecule has 0 radical (unpaired) electrons.